The van der Waals surface area contributed by atoms with E-state index in [0.29, 0.717) is 41.8 Å². The van der Waals surface area contributed by atoms with Crippen LogP contribution >= 0.6 is 24.4 Å². The zero-order valence-electron chi connectivity index (χ0n) is 31.6. The topological polar surface area (TPSA) is 152 Å². The van der Waals surface area contributed by atoms with E-state index in [-0.39, 0.29) is 29.5 Å². The highest BCUT2D eigenvalue weighted by Gasteiger charge is 2.29. The molecule has 0 radical (unpaired) electrons. The van der Waals surface area contributed by atoms with Crippen LogP contribution in [0.3, 0.4) is 0 Å². The molecular weight excluding hydrogens is 737 g/mol. The summed E-state index contributed by atoms with van der Waals surface area (Å²) < 4.78 is 11.0. The Bertz CT molecular complexity index is 1900. The minimum atomic E-state index is -0.803. The summed E-state index contributed by atoms with van der Waals surface area (Å²) in [5.74, 6) is -0.307. The molecule has 0 saturated heterocycles. The Balaban J connectivity index is 0.000000525. The fourth-order valence-electron chi connectivity index (χ4n) is 5.78. The average molecular weight is 785 g/mol. The Morgan fingerprint density at radius 1 is 0.727 bits per heavy atom. The van der Waals surface area contributed by atoms with E-state index in [0.717, 1.165) is 27.8 Å². The van der Waals surface area contributed by atoms with Crippen LogP contribution in [-0.4, -0.2) is 68.0 Å². The molecule has 0 aliphatic heterocycles. The second-order valence-corrected chi connectivity index (χ2v) is 15.2. The van der Waals surface area contributed by atoms with Gasteiger partial charge in [0, 0.05) is 47.5 Å². The number of fused-ring (bicyclic) bond motifs is 3. The molecule has 1 aliphatic rings. The summed E-state index contributed by atoms with van der Waals surface area (Å²) in [7, 11) is 3.16. The van der Waals surface area contributed by atoms with Gasteiger partial charge >= 0.3 is 12.2 Å². The van der Waals surface area contributed by atoms with Gasteiger partial charge in [-0.15, -0.1) is 12.6 Å². The molecule has 55 heavy (non-hydrogen) atoms. The number of benzene rings is 4. The van der Waals surface area contributed by atoms with Crippen LogP contribution in [0.5, 0.6) is 0 Å². The Labute approximate surface area is 332 Å². The second kappa shape index (κ2) is 20.4. The van der Waals surface area contributed by atoms with Gasteiger partial charge in [-0.1, -0.05) is 48.5 Å². The third-order valence-electron chi connectivity index (χ3n) is 8.43. The fourth-order valence-corrected chi connectivity index (χ4v) is 6.75. The highest BCUT2D eigenvalue weighted by molar-refractivity contribution is 8.13. The molecule has 0 spiro atoms. The van der Waals surface area contributed by atoms with E-state index in [1.54, 1.807) is 83.4 Å². The number of carbonyl (C=O) groups excluding carboxylic acids is 5. The van der Waals surface area contributed by atoms with Gasteiger partial charge in [-0.3, -0.25) is 14.4 Å². The SMILES string of the molecule is CNC(=O)c1ccc(S)cc1.CNC(=O)c1ccc(SC(=O)C(CCCCNC(=O)OCC2c3ccccc3-c3ccccc32)NC(=O)OC(C)(C)C)cc1. The normalized spacial score (nSPS) is 12.1. The zero-order valence-corrected chi connectivity index (χ0v) is 33.4. The monoisotopic (exact) mass is 784 g/mol. The van der Waals surface area contributed by atoms with Gasteiger partial charge in [-0.25, -0.2) is 9.59 Å². The lowest BCUT2D eigenvalue weighted by molar-refractivity contribution is -0.113. The van der Waals surface area contributed by atoms with Crippen molar-refractivity contribution in [1.29, 1.82) is 0 Å². The molecule has 1 aliphatic carbocycles. The van der Waals surface area contributed by atoms with E-state index < -0.39 is 23.8 Å². The summed E-state index contributed by atoms with van der Waals surface area (Å²) in [5, 5.41) is 10.3. The van der Waals surface area contributed by atoms with Crippen molar-refractivity contribution < 1.29 is 33.4 Å². The zero-order chi connectivity index (χ0) is 40.0. The van der Waals surface area contributed by atoms with Crippen molar-refractivity contribution in [3.05, 3.63) is 119 Å². The van der Waals surface area contributed by atoms with E-state index in [1.165, 1.54) is 11.1 Å². The number of hydrogen-bond donors (Lipinski definition) is 5. The number of thioether (sulfide) groups is 1. The first kappa shape index (κ1) is 42.5. The maximum atomic E-state index is 13.2. The minimum absolute atomic E-state index is 0.0173. The van der Waals surface area contributed by atoms with Crippen LogP contribution in [0.4, 0.5) is 9.59 Å². The van der Waals surface area contributed by atoms with Crippen LogP contribution in [-0.2, 0) is 14.3 Å². The molecule has 1 unspecified atom stereocenters. The molecule has 11 nitrogen and oxygen atoms in total. The highest BCUT2D eigenvalue weighted by Crippen LogP contribution is 2.44. The van der Waals surface area contributed by atoms with Crippen LogP contribution in [0.25, 0.3) is 11.1 Å². The molecule has 1 atom stereocenters. The van der Waals surface area contributed by atoms with Gasteiger partial charge in [0.1, 0.15) is 18.2 Å². The summed E-state index contributed by atoms with van der Waals surface area (Å²) in [4.78, 5) is 62.5. The van der Waals surface area contributed by atoms with Crippen molar-refractivity contribution in [3.63, 3.8) is 0 Å². The third-order valence-corrected chi connectivity index (χ3v) is 9.72. The summed E-state index contributed by atoms with van der Waals surface area (Å²) in [6.07, 6.45) is 0.320. The molecule has 0 fully saturated rings. The van der Waals surface area contributed by atoms with Crippen LogP contribution in [0.1, 0.15) is 77.8 Å². The van der Waals surface area contributed by atoms with Crippen molar-refractivity contribution in [2.24, 2.45) is 0 Å². The minimum Gasteiger partial charge on any atom is -0.449 e. The number of amides is 4. The van der Waals surface area contributed by atoms with E-state index in [1.807, 2.05) is 24.3 Å². The van der Waals surface area contributed by atoms with Crippen LogP contribution < -0.4 is 21.3 Å². The number of unbranched alkanes of at least 4 members (excludes halogenated alkanes) is 1. The van der Waals surface area contributed by atoms with Crippen molar-refractivity contribution in [2.75, 3.05) is 27.2 Å². The molecule has 4 aromatic carbocycles. The summed E-state index contributed by atoms with van der Waals surface area (Å²) in [6.45, 7) is 5.85. The van der Waals surface area contributed by atoms with Crippen LogP contribution in [0.15, 0.2) is 107 Å². The lowest BCUT2D eigenvalue weighted by Gasteiger charge is -2.23. The number of thiol groups is 1. The van der Waals surface area contributed by atoms with Gasteiger partial charge in [0.05, 0.1) is 0 Å². The Hall–Kier alpha value is -5.27. The number of ether oxygens (including phenoxy) is 2. The lowest BCUT2D eigenvalue weighted by atomic mass is 9.98. The third kappa shape index (κ3) is 12.9. The van der Waals surface area contributed by atoms with Crippen LogP contribution in [0.2, 0.25) is 0 Å². The van der Waals surface area contributed by atoms with E-state index in [2.05, 4.69) is 58.2 Å². The Morgan fingerprint density at radius 3 is 1.78 bits per heavy atom. The molecule has 5 rings (SSSR count). The van der Waals surface area contributed by atoms with Crippen molar-refractivity contribution in [2.45, 2.75) is 67.4 Å². The molecule has 4 N–H and O–H groups in total. The molecular formula is C42H48N4O7S2. The van der Waals surface area contributed by atoms with Crippen molar-refractivity contribution in [3.8, 4) is 11.1 Å². The lowest BCUT2D eigenvalue weighted by Crippen LogP contribution is -2.42. The standard InChI is InChI=1S/C34H39N3O6S.C8H9NOS/c1-34(2,3)43-33(41)37-29(31(39)44-23-18-16-22(17-19-23)30(38)35-4)15-9-10-20-36-32(40)42-21-28-26-13-7-5-11-24(26)25-12-6-8-14-27(25)28;1-9-8(10)6-2-4-7(11)5-3-6/h5-8,11-14,16-19,28-29H,9-10,15,20-21H2,1-4H3,(H,35,38)(H,36,40)(H,37,41);2-5,11H,1H3,(H,9,10). The number of carbonyl (C=O) groups is 5. The van der Waals surface area contributed by atoms with Gasteiger partial charge in [-0.05, 0) is 123 Å². The molecule has 0 aromatic heterocycles. The number of alkyl carbamates (subject to hydrolysis) is 2. The first-order valence-electron chi connectivity index (χ1n) is 17.9. The predicted octanol–water partition coefficient (Wildman–Crippen LogP) is 7.60. The van der Waals surface area contributed by atoms with E-state index in [4.69, 9.17) is 9.47 Å². The smallest absolute Gasteiger partial charge is 0.408 e. The molecule has 13 heteroatoms. The predicted molar refractivity (Wildman–Crippen MR) is 218 cm³/mol. The van der Waals surface area contributed by atoms with Crippen LogP contribution in [0, 0.1) is 0 Å². The molecule has 4 aromatic rings. The molecule has 290 valence electrons. The Morgan fingerprint density at radius 2 is 1.25 bits per heavy atom. The highest BCUT2D eigenvalue weighted by atomic mass is 32.2. The van der Waals surface area contributed by atoms with Gasteiger partial charge < -0.3 is 30.7 Å². The van der Waals surface area contributed by atoms with Crippen molar-refractivity contribution in [1.82, 2.24) is 21.3 Å². The number of rotatable bonds is 12. The van der Waals surface area contributed by atoms with Gasteiger partial charge in [0.15, 0.2) is 0 Å². The Kier molecular flexibility index (Phi) is 15.8. The summed E-state index contributed by atoms with van der Waals surface area (Å²) >= 11 is 5.08. The maximum absolute atomic E-state index is 13.2. The summed E-state index contributed by atoms with van der Waals surface area (Å²) in [5.41, 5.74) is 5.06. The van der Waals surface area contributed by atoms with E-state index in [9.17, 15) is 24.0 Å². The first-order valence-corrected chi connectivity index (χ1v) is 19.2. The quantitative estimate of drug-likeness (QED) is 0.0560. The van der Waals surface area contributed by atoms with Crippen molar-refractivity contribution >= 4 is 53.5 Å². The largest absolute Gasteiger partial charge is 0.449 e. The summed E-state index contributed by atoms with van der Waals surface area (Å²) in [6, 6.07) is 29.2. The molecule has 4 amide bonds. The average Bonchev–Trinajstić information content (AvgIpc) is 3.49. The second-order valence-electron chi connectivity index (χ2n) is 13.6. The van der Waals surface area contributed by atoms with Gasteiger partial charge in [-0.2, -0.15) is 0 Å². The molecule has 0 saturated carbocycles. The number of hydrogen-bond acceptors (Lipinski definition) is 9. The van der Waals surface area contributed by atoms with Gasteiger partial charge in [0.25, 0.3) is 11.8 Å². The number of nitrogens with one attached hydrogen (secondary N) is 4. The van der Waals surface area contributed by atoms with Gasteiger partial charge in [0.2, 0.25) is 5.12 Å². The molecule has 0 bridgehead atoms. The maximum Gasteiger partial charge on any atom is 0.408 e. The van der Waals surface area contributed by atoms with E-state index >= 15 is 0 Å². The fraction of sp³-hybridized carbons (Fsp3) is 0.310. The molecule has 0 heterocycles. The first-order chi connectivity index (χ1) is 26.3.